The number of rotatable bonds is 1. The highest BCUT2D eigenvalue weighted by molar-refractivity contribution is 5.65. The molecule has 18 heavy (non-hydrogen) atoms. The van der Waals surface area contributed by atoms with Crippen molar-refractivity contribution in [3.05, 3.63) is 36.3 Å². The summed E-state index contributed by atoms with van der Waals surface area (Å²) in [6, 6.07) is 5.73. The van der Waals surface area contributed by atoms with Crippen molar-refractivity contribution in [1.29, 1.82) is 0 Å². The molecule has 1 N–H and O–H groups in total. The summed E-state index contributed by atoms with van der Waals surface area (Å²) in [6.45, 7) is 1.18. The highest BCUT2D eigenvalue weighted by Gasteiger charge is 2.26. The molecule has 3 rings (SSSR count). The van der Waals surface area contributed by atoms with Gasteiger partial charge in [-0.3, -0.25) is 0 Å². The Hall–Kier alpha value is -2.08. The van der Waals surface area contributed by atoms with E-state index in [0.717, 1.165) is 11.3 Å². The van der Waals surface area contributed by atoms with Crippen LogP contribution in [0.4, 0.5) is 4.79 Å². The second-order valence-electron chi connectivity index (χ2n) is 4.20. The molecule has 0 bridgehead atoms. The number of amides is 1. The Morgan fingerprint density at radius 2 is 2.39 bits per heavy atom. The van der Waals surface area contributed by atoms with Crippen molar-refractivity contribution in [1.82, 2.24) is 14.3 Å². The maximum Gasteiger partial charge on any atom is 0.407 e. The fourth-order valence-corrected chi connectivity index (χ4v) is 2.19. The molecule has 3 heterocycles. The number of carbonyl (C=O) groups is 1. The first kappa shape index (κ1) is 11.0. The molecule has 1 saturated heterocycles. The van der Waals surface area contributed by atoms with Crippen LogP contribution in [0, 0.1) is 0 Å². The van der Waals surface area contributed by atoms with E-state index in [-0.39, 0.29) is 6.10 Å². The Labute approximate surface area is 103 Å². The highest BCUT2D eigenvalue weighted by Crippen LogP contribution is 2.23. The average Bonchev–Trinajstić information content (AvgIpc) is 2.82. The molecule has 2 aromatic heterocycles. The minimum atomic E-state index is -0.905. The summed E-state index contributed by atoms with van der Waals surface area (Å²) >= 11 is 0. The van der Waals surface area contributed by atoms with E-state index in [1.807, 2.05) is 28.8 Å². The molecule has 0 spiro atoms. The van der Waals surface area contributed by atoms with Crippen molar-refractivity contribution in [2.75, 3.05) is 19.7 Å². The van der Waals surface area contributed by atoms with Crippen LogP contribution in [-0.2, 0) is 4.74 Å². The number of pyridine rings is 1. The molecule has 1 unspecified atom stereocenters. The number of carboxylic acid groups (broad SMARTS) is 1. The van der Waals surface area contributed by atoms with E-state index in [2.05, 4.69) is 4.98 Å². The van der Waals surface area contributed by atoms with E-state index >= 15 is 0 Å². The maximum absolute atomic E-state index is 11.0. The molecule has 0 aromatic carbocycles. The minimum Gasteiger partial charge on any atom is -0.465 e. The van der Waals surface area contributed by atoms with E-state index in [9.17, 15) is 4.79 Å². The molecular formula is C12H13N3O3. The van der Waals surface area contributed by atoms with Gasteiger partial charge in [-0.1, -0.05) is 6.07 Å². The van der Waals surface area contributed by atoms with E-state index < -0.39 is 6.09 Å². The van der Waals surface area contributed by atoms with Gasteiger partial charge in [-0.2, -0.15) is 0 Å². The van der Waals surface area contributed by atoms with Crippen LogP contribution in [0.25, 0.3) is 5.65 Å². The van der Waals surface area contributed by atoms with Crippen LogP contribution in [0.5, 0.6) is 0 Å². The number of nitrogens with zero attached hydrogens (tertiary/aromatic N) is 3. The Kier molecular flexibility index (Phi) is 2.64. The van der Waals surface area contributed by atoms with Crippen LogP contribution in [-0.4, -0.2) is 45.2 Å². The normalized spacial score (nSPS) is 20.2. The van der Waals surface area contributed by atoms with Gasteiger partial charge in [0.05, 0.1) is 25.0 Å². The van der Waals surface area contributed by atoms with Gasteiger partial charge in [-0.25, -0.2) is 9.78 Å². The van der Waals surface area contributed by atoms with Gasteiger partial charge in [-0.15, -0.1) is 0 Å². The zero-order valence-electron chi connectivity index (χ0n) is 9.69. The summed E-state index contributed by atoms with van der Waals surface area (Å²) in [5.41, 5.74) is 1.72. The molecule has 0 radical (unpaired) electrons. The second kappa shape index (κ2) is 4.30. The van der Waals surface area contributed by atoms with Crippen molar-refractivity contribution in [3.63, 3.8) is 0 Å². The first-order valence-electron chi connectivity index (χ1n) is 5.77. The van der Waals surface area contributed by atoms with Crippen LogP contribution < -0.4 is 0 Å². The summed E-state index contributed by atoms with van der Waals surface area (Å²) in [7, 11) is 0. The van der Waals surface area contributed by atoms with Gasteiger partial charge in [0.1, 0.15) is 11.8 Å². The van der Waals surface area contributed by atoms with Crippen molar-refractivity contribution in [3.8, 4) is 0 Å². The van der Waals surface area contributed by atoms with E-state index in [1.54, 1.807) is 6.20 Å². The maximum atomic E-state index is 11.0. The third-order valence-electron chi connectivity index (χ3n) is 3.11. The predicted octanol–water partition coefficient (Wildman–Crippen LogP) is 1.39. The highest BCUT2D eigenvalue weighted by atomic mass is 16.5. The minimum absolute atomic E-state index is 0.257. The largest absolute Gasteiger partial charge is 0.465 e. The number of morpholine rings is 1. The van der Waals surface area contributed by atoms with E-state index in [4.69, 9.17) is 9.84 Å². The van der Waals surface area contributed by atoms with E-state index in [0.29, 0.717) is 19.7 Å². The quantitative estimate of drug-likeness (QED) is 0.826. The lowest BCUT2D eigenvalue weighted by atomic mass is 10.2. The lowest BCUT2D eigenvalue weighted by Crippen LogP contribution is -2.41. The zero-order chi connectivity index (χ0) is 12.5. The lowest BCUT2D eigenvalue weighted by Gasteiger charge is -2.30. The summed E-state index contributed by atoms with van der Waals surface area (Å²) in [6.07, 6.45) is 2.48. The van der Waals surface area contributed by atoms with Crippen LogP contribution in [0.3, 0.4) is 0 Å². The molecule has 1 amide bonds. The smallest absolute Gasteiger partial charge is 0.407 e. The number of aromatic nitrogens is 2. The molecule has 94 valence electrons. The SMILES string of the molecule is O=C(O)N1CCOC(c2cnc3ccccn23)C1. The standard InChI is InChI=1S/C12H13N3O3/c16-12(17)14-5-6-18-10(8-14)9-7-13-11-3-1-2-4-15(9)11/h1-4,7,10H,5-6,8H2,(H,16,17). The fourth-order valence-electron chi connectivity index (χ4n) is 2.19. The fraction of sp³-hybridized carbons (Fsp3) is 0.333. The Morgan fingerprint density at radius 1 is 1.50 bits per heavy atom. The molecule has 0 aliphatic carbocycles. The average molecular weight is 247 g/mol. The number of hydrogen-bond acceptors (Lipinski definition) is 3. The summed E-state index contributed by atoms with van der Waals surface area (Å²) < 4.78 is 7.57. The van der Waals surface area contributed by atoms with Crippen LogP contribution in [0.2, 0.25) is 0 Å². The van der Waals surface area contributed by atoms with Gasteiger partial charge in [0, 0.05) is 12.7 Å². The van der Waals surface area contributed by atoms with Gasteiger partial charge in [-0.05, 0) is 12.1 Å². The lowest BCUT2D eigenvalue weighted by molar-refractivity contribution is -0.0256. The Morgan fingerprint density at radius 3 is 3.22 bits per heavy atom. The Balaban J connectivity index is 1.92. The molecular weight excluding hydrogens is 234 g/mol. The molecule has 2 aromatic rings. The van der Waals surface area contributed by atoms with Crippen molar-refractivity contribution < 1.29 is 14.6 Å². The number of hydrogen-bond donors (Lipinski definition) is 1. The molecule has 1 atom stereocenters. The van der Waals surface area contributed by atoms with Gasteiger partial charge < -0.3 is 19.1 Å². The third kappa shape index (κ3) is 1.80. The molecule has 1 fully saturated rings. The van der Waals surface area contributed by atoms with Gasteiger partial charge in [0.2, 0.25) is 0 Å². The van der Waals surface area contributed by atoms with Gasteiger partial charge >= 0.3 is 6.09 Å². The topological polar surface area (TPSA) is 67.1 Å². The summed E-state index contributed by atoms with van der Waals surface area (Å²) in [4.78, 5) is 16.6. The molecule has 6 heteroatoms. The summed E-state index contributed by atoms with van der Waals surface area (Å²) in [5, 5.41) is 9.01. The molecule has 1 aliphatic rings. The first-order valence-corrected chi connectivity index (χ1v) is 5.77. The molecule has 1 aliphatic heterocycles. The summed E-state index contributed by atoms with van der Waals surface area (Å²) in [5.74, 6) is 0. The van der Waals surface area contributed by atoms with Crippen molar-refractivity contribution >= 4 is 11.7 Å². The van der Waals surface area contributed by atoms with Crippen molar-refractivity contribution in [2.24, 2.45) is 0 Å². The van der Waals surface area contributed by atoms with Crippen LogP contribution in [0.1, 0.15) is 11.8 Å². The van der Waals surface area contributed by atoms with E-state index in [1.165, 1.54) is 4.90 Å². The van der Waals surface area contributed by atoms with Crippen LogP contribution >= 0.6 is 0 Å². The number of fused-ring (bicyclic) bond motifs is 1. The first-order chi connectivity index (χ1) is 8.75. The van der Waals surface area contributed by atoms with Crippen molar-refractivity contribution in [2.45, 2.75) is 6.10 Å². The number of ether oxygens (including phenoxy) is 1. The van der Waals surface area contributed by atoms with Crippen LogP contribution in [0.15, 0.2) is 30.6 Å². The third-order valence-corrected chi connectivity index (χ3v) is 3.11. The number of imidazole rings is 1. The molecule has 6 nitrogen and oxygen atoms in total. The second-order valence-corrected chi connectivity index (χ2v) is 4.20. The molecule has 0 saturated carbocycles. The Bertz CT molecular complexity index is 581. The predicted molar refractivity (Wildman–Crippen MR) is 63.5 cm³/mol. The van der Waals surface area contributed by atoms with Gasteiger partial charge in [0.15, 0.2) is 0 Å². The monoisotopic (exact) mass is 247 g/mol. The van der Waals surface area contributed by atoms with Gasteiger partial charge in [0.25, 0.3) is 0 Å². The zero-order valence-corrected chi connectivity index (χ0v) is 9.69.